The highest BCUT2D eigenvalue weighted by atomic mass is 79.9. The molecule has 0 bridgehead atoms. The zero-order valence-corrected chi connectivity index (χ0v) is 13.2. The summed E-state index contributed by atoms with van der Waals surface area (Å²) in [7, 11) is 0. The number of hydrogen-bond donors (Lipinski definition) is 0. The zero-order chi connectivity index (χ0) is 13.7. The molecule has 102 valence electrons. The quantitative estimate of drug-likeness (QED) is 0.760. The van der Waals surface area contributed by atoms with Crippen molar-refractivity contribution in [3.8, 4) is 0 Å². The average molecular weight is 322 g/mol. The van der Waals surface area contributed by atoms with Crippen molar-refractivity contribution in [3.63, 3.8) is 0 Å². The summed E-state index contributed by atoms with van der Waals surface area (Å²) in [6.45, 7) is 5.31. The van der Waals surface area contributed by atoms with Crippen LogP contribution in [0.1, 0.15) is 36.1 Å². The third-order valence-electron chi connectivity index (χ3n) is 3.19. The second kappa shape index (κ2) is 6.85. The van der Waals surface area contributed by atoms with Crippen molar-refractivity contribution in [3.05, 3.63) is 47.0 Å². The number of aromatic nitrogens is 3. The van der Waals surface area contributed by atoms with Crippen LogP contribution < -0.4 is 0 Å². The SMILES string of the molecule is CCCn1c(CBr)nnc1CCc1cccc(C)c1. The topological polar surface area (TPSA) is 30.7 Å². The molecule has 2 rings (SSSR count). The highest BCUT2D eigenvalue weighted by Gasteiger charge is 2.10. The molecule has 4 heteroatoms. The minimum absolute atomic E-state index is 0.768. The summed E-state index contributed by atoms with van der Waals surface area (Å²) in [5.41, 5.74) is 2.68. The summed E-state index contributed by atoms with van der Waals surface area (Å²) in [6, 6.07) is 8.67. The van der Waals surface area contributed by atoms with Crippen LogP contribution in [0.2, 0.25) is 0 Å². The Labute approximate surface area is 123 Å². The molecule has 0 atom stereocenters. The molecule has 19 heavy (non-hydrogen) atoms. The minimum Gasteiger partial charge on any atom is -0.314 e. The van der Waals surface area contributed by atoms with Crippen LogP contribution in [0.5, 0.6) is 0 Å². The maximum atomic E-state index is 4.33. The van der Waals surface area contributed by atoms with Crippen LogP contribution in [-0.4, -0.2) is 14.8 Å². The van der Waals surface area contributed by atoms with E-state index in [1.807, 2.05) is 0 Å². The predicted molar refractivity (Wildman–Crippen MR) is 81.5 cm³/mol. The molecule has 0 aliphatic rings. The van der Waals surface area contributed by atoms with Gasteiger partial charge in [0.2, 0.25) is 0 Å². The van der Waals surface area contributed by atoms with E-state index in [9.17, 15) is 0 Å². The first-order valence-electron chi connectivity index (χ1n) is 6.77. The van der Waals surface area contributed by atoms with Crippen LogP contribution >= 0.6 is 15.9 Å². The van der Waals surface area contributed by atoms with Gasteiger partial charge in [-0.05, 0) is 25.3 Å². The van der Waals surface area contributed by atoms with Gasteiger partial charge >= 0.3 is 0 Å². The number of halogens is 1. The van der Waals surface area contributed by atoms with Crippen molar-refractivity contribution in [2.24, 2.45) is 0 Å². The standard InChI is InChI=1S/C15H20BrN3/c1-3-9-19-14(17-18-15(19)11-16)8-7-13-6-4-5-12(2)10-13/h4-6,10H,3,7-9,11H2,1-2H3. The van der Waals surface area contributed by atoms with E-state index >= 15 is 0 Å². The lowest BCUT2D eigenvalue weighted by Crippen LogP contribution is -2.07. The number of nitrogens with zero attached hydrogens (tertiary/aromatic N) is 3. The maximum absolute atomic E-state index is 4.33. The van der Waals surface area contributed by atoms with Crippen molar-refractivity contribution in [1.29, 1.82) is 0 Å². The minimum atomic E-state index is 0.768. The normalized spacial score (nSPS) is 10.9. The van der Waals surface area contributed by atoms with E-state index in [1.165, 1.54) is 11.1 Å². The van der Waals surface area contributed by atoms with Crippen LogP contribution in [0.15, 0.2) is 24.3 Å². The molecular formula is C15H20BrN3. The molecule has 0 amide bonds. The number of rotatable bonds is 6. The van der Waals surface area contributed by atoms with Gasteiger partial charge in [0.05, 0.1) is 5.33 Å². The molecule has 1 heterocycles. The fourth-order valence-electron chi connectivity index (χ4n) is 2.26. The fourth-order valence-corrected chi connectivity index (χ4v) is 2.68. The lowest BCUT2D eigenvalue weighted by molar-refractivity contribution is 0.617. The molecule has 0 saturated carbocycles. The summed E-state index contributed by atoms with van der Waals surface area (Å²) < 4.78 is 2.24. The summed E-state index contributed by atoms with van der Waals surface area (Å²) in [5, 5.41) is 9.34. The molecule has 1 aromatic carbocycles. The van der Waals surface area contributed by atoms with Crippen molar-refractivity contribution in [1.82, 2.24) is 14.8 Å². The average Bonchev–Trinajstić information content (AvgIpc) is 2.79. The molecule has 0 saturated heterocycles. The van der Waals surface area contributed by atoms with Gasteiger partial charge in [-0.2, -0.15) is 0 Å². The Morgan fingerprint density at radius 2 is 1.95 bits per heavy atom. The van der Waals surface area contributed by atoms with Gasteiger partial charge in [0.25, 0.3) is 0 Å². The van der Waals surface area contributed by atoms with Gasteiger partial charge in [0.1, 0.15) is 11.6 Å². The molecular weight excluding hydrogens is 302 g/mol. The lowest BCUT2D eigenvalue weighted by Gasteiger charge is -2.08. The fraction of sp³-hybridized carbons (Fsp3) is 0.467. The van der Waals surface area contributed by atoms with E-state index in [4.69, 9.17) is 0 Å². The lowest BCUT2D eigenvalue weighted by atomic mass is 10.1. The van der Waals surface area contributed by atoms with Crippen molar-refractivity contribution < 1.29 is 0 Å². The molecule has 0 fully saturated rings. The van der Waals surface area contributed by atoms with Gasteiger partial charge in [-0.25, -0.2) is 0 Å². The Bertz CT molecular complexity index is 534. The van der Waals surface area contributed by atoms with Crippen LogP contribution in [0.25, 0.3) is 0 Å². The summed E-state index contributed by atoms with van der Waals surface area (Å²) in [5.74, 6) is 2.12. The third-order valence-corrected chi connectivity index (χ3v) is 3.69. The van der Waals surface area contributed by atoms with E-state index < -0.39 is 0 Å². The van der Waals surface area contributed by atoms with Gasteiger partial charge in [-0.3, -0.25) is 0 Å². The number of benzene rings is 1. The molecule has 1 aromatic heterocycles. The van der Waals surface area contributed by atoms with Gasteiger partial charge in [-0.1, -0.05) is 52.7 Å². The van der Waals surface area contributed by atoms with Gasteiger partial charge < -0.3 is 4.57 Å². The molecule has 0 aliphatic heterocycles. The van der Waals surface area contributed by atoms with Crippen molar-refractivity contribution in [2.45, 2.75) is 45.0 Å². The maximum Gasteiger partial charge on any atom is 0.143 e. The zero-order valence-electron chi connectivity index (χ0n) is 11.6. The molecule has 0 spiro atoms. The number of alkyl halides is 1. The Morgan fingerprint density at radius 1 is 1.16 bits per heavy atom. The first-order chi connectivity index (χ1) is 9.24. The molecule has 0 aliphatic carbocycles. The van der Waals surface area contributed by atoms with Gasteiger partial charge in [0, 0.05) is 13.0 Å². The van der Waals surface area contributed by atoms with E-state index in [0.717, 1.165) is 42.8 Å². The van der Waals surface area contributed by atoms with Crippen LogP contribution in [0.4, 0.5) is 0 Å². The molecule has 3 nitrogen and oxygen atoms in total. The van der Waals surface area contributed by atoms with E-state index in [0.29, 0.717) is 0 Å². The van der Waals surface area contributed by atoms with Crippen molar-refractivity contribution >= 4 is 15.9 Å². The molecule has 2 aromatic rings. The summed E-state index contributed by atoms with van der Waals surface area (Å²) >= 11 is 3.47. The predicted octanol–water partition coefficient (Wildman–Crippen LogP) is 3.68. The smallest absolute Gasteiger partial charge is 0.143 e. The number of hydrogen-bond acceptors (Lipinski definition) is 2. The Balaban J connectivity index is 2.08. The van der Waals surface area contributed by atoms with E-state index in [-0.39, 0.29) is 0 Å². The second-order valence-electron chi connectivity index (χ2n) is 4.81. The molecule has 0 N–H and O–H groups in total. The Kier molecular flexibility index (Phi) is 5.14. The van der Waals surface area contributed by atoms with E-state index in [2.05, 4.69) is 68.8 Å². The summed E-state index contributed by atoms with van der Waals surface area (Å²) in [6.07, 6.45) is 3.07. The van der Waals surface area contributed by atoms with Crippen LogP contribution in [0.3, 0.4) is 0 Å². The van der Waals surface area contributed by atoms with Gasteiger partial charge in [0.15, 0.2) is 0 Å². The first-order valence-corrected chi connectivity index (χ1v) is 7.89. The first kappa shape index (κ1) is 14.3. The van der Waals surface area contributed by atoms with Crippen LogP contribution in [-0.2, 0) is 24.7 Å². The second-order valence-corrected chi connectivity index (χ2v) is 5.37. The highest BCUT2D eigenvalue weighted by Crippen LogP contribution is 2.12. The van der Waals surface area contributed by atoms with Crippen molar-refractivity contribution in [2.75, 3.05) is 0 Å². The Morgan fingerprint density at radius 3 is 2.63 bits per heavy atom. The monoisotopic (exact) mass is 321 g/mol. The Hall–Kier alpha value is -1.16. The largest absolute Gasteiger partial charge is 0.314 e. The van der Waals surface area contributed by atoms with E-state index in [1.54, 1.807) is 0 Å². The number of aryl methyl sites for hydroxylation is 3. The van der Waals surface area contributed by atoms with Crippen LogP contribution in [0, 0.1) is 6.92 Å². The molecule has 0 unspecified atom stereocenters. The molecule has 0 radical (unpaired) electrons. The highest BCUT2D eigenvalue weighted by molar-refractivity contribution is 9.08. The van der Waals surface area contributed by atoms with Gasteiger partial charge in [-0.15, -0.1) is 10.2 Å². The summed E-state index contributed by atoms with van der Waals surface area (Å²) in [4.78, 5) is 0. The third kappa shape index (κ3) is 3.66.